The highest BCUT2D eigenvalue weighted by Crippen LogP contribution is 2.29. The van der Waals surface area contributed by atoms with Gasteiger partial charge < -0.3 is 10.6 Å². The average Bonchev–Trinajstić information content (AvgIpc) is 3.01. The number of carbonyl (C=O) groups is 1. The van der Waals surface area contributed by atoms with Crippen molar-refractivity contribution in [2.24, 2.45) is 0 Å². The minimum atomic E-state index is -0.437. The van der Waals surface area contributed by atoms with Crippen molar-refractivity contribution >= 4 is 39.0 Å². The van der Waals surface area contributed by atoms with E-state index in [0.29, 0.717) is 30.0 Å². The molecule has 0 aliphatic carbocycles. The predicted molar refractivity (Wildman–Crippen MR) is 91.3 cm³/mol. The number of rotatable bonds is 6. The zero-order chi connectivity index (χ0) is 16.9. The average molecular weight is 343 g/mol. The van der Waals surface area contributed by atoms with Crippen molar-refractivity contribution in [1.82, 2.24) is 14.7 Å². The maximum absolute atomic E-state index is 11.8. The second kappa shape index (κ2) is 7.01. The highest BCUT2D eigenvalue weighted by atomic mass is 32.1. The number of hydrogen-bond acceptors (Lipinski definition) is 7. The number of nitrogens with one attached hydrogen (secondary N) is 2. The molecule has 1 amide bonds. The molecule has 0 spiro atoms. The van der Waals surface area contributed by atoms with Crippen molar-refractivity contribution in [3.63, 3.8) is 0 Å². The van der Waals surface area contributed by atoms with Crippen LogP contribution in [0.15, 0.2) is 42.6 Å². The fourth-order valence-corrected chi connectivity index (χ4v) is 2.85. The molecule has 0 bridgehead atoms. The number of anilines is 1. The number of nitrogens with zero attached hydrogens (tertiary/aromatic N) is 3. The lowest BCUT2D eigenvalue weighted by atomic mass is 10.2. The van der Waals surface area contributed by atoms with Gasteiger partial charge >= 0.3 is 0 Å². The summed E-state index contributed by atoms with van der Waals surface area (Å²) in [5.74, 6) is 0.321. The number of nitro groups is 1. The minimum Gasteiger partial charge on any atom is -0.367 e. The summed E-state index contributed by atoms with van der Waals surface area (Å²) in [5.41, 5.74) is 0.376. The highest BCUT2D eigenvalue weighted by molar-refractivity contribution is 7.13. The summed E-state index contributed by atoms with van der Waals surface area (Å²) in [6, 6.07) is 9.75. The van der Waals surface area contributed by atoms with Crippen LogP contribution in [0.5, 0.6) is 0 Å². The number of aromatic nitrogens is 2. The first kappa shape index (κ1) is 15.8. The Morgan fingerprint density at radius 3 is 2.88 bits per heavy atom. The molecule has 24 heavy (non-hydrogen) atoms. The number of carbonyl (C=O) groups excluding carboxylic acids is 1. The Morgan fingerprint density at radius 2 is 2.12 bits per heavy atom. The van der Waals surface area contributed by atoms with E-state index >= 15 is 0 Å². The topological polar surface area (TPSA) is 110 Å². The molecule has 0 saturated carbocycles. The summed E-state index contributed by atoms with van der Waals surface area (Å²) in [4.78, 5) is 26.2. The first-order chi connectivity index (χ1) is 11.6. The third-order valence-electron chi connectivity index (χ3n) is 3.26. The van der Waals surface area contributed by atoms with Gasteiger partial charge in [0.05, 0.1) is 9.62 Å². The lowest BCUT2D eigenvalue weighted by Crippen LogP contribution is -2.29. The lowest BCUT2D eigenvalue weighted by Gasteiger charge is -2.06. The number of pyridine rings is 1. The summed E-state index contributed by atoms with van der Waals surface area (Å²) >= 11 is 1.26. The Balaban J connectivity index is 1.59. The number of amides is 1. The van der Waals surface area contributed by atoms with Gasteiger partial charge in [0.25, 0.3) is 11.6 Å². The number of non-ortho nitro benzene ring substituents is 1. The van der Waals surface area contributed by atoms with E-state index in [4.69, 9.17) is 0 Å². The first-order valence-electron chi connectivity index (χ1n) is 7.12. The summed E-state index contributed by atoms with van der Waals surface area (Å²) in [5, 5.41) is 17.4. The lowest BCUT2D eigenvalue weighted by molar-refractivity contribution is -0.384. The third-order valence-corrected chi connectivity index (χ3v) is 4.09. The van der Waals surface area contributed by atoms with Crippen molar-refractivity contribution in [2.75, 3.05) is 18.4 Å². The molecule has 2 heterocycles. The Hall–Kier alpha value is -3.07. The zero-order valence-electron chi connectivity index (χ0n) is 12.4. The van der Waals surface area contributed by atoms with Crippen LogP contribution in [0.3, 0.4) is 0 Å². The van der Waals surface area contributed by atoms with Crippen molar-refractivity contribution in [3.05, 3.63) is 58.4 Å². The fourth-order valence-electron chi connectivity index (χ4n) is 2.11. The zero-order valence-corrected chi connectivity index (χ0v) is 13.2. The second-order valence-electron chi connectivity index (χ2n) is 4.87. The van der Waals surface area contributed by atoms with E-state index in [1.54, 1.807) is 30.5 Å². The SMILES string of the molecule is O=C(NCCNc1nsc2ccc([N+](=O)[O-])cc12)c1ccccn1. The molecule has 3 aromatic rings. The first-order valence-corrected chi connectivity index (χ1v) is 7.89. The van der Waals surface area contributed by atoms with E-state index in [2.05, 4.69) is 20.0 Å². The van der Waals surface area contributed by atoms with E-state index < -0.39 is 4.92 Å². The van der Waals surface area contributed by atoms with Gasteiger partial charge in [0.2, 0.25) is 0 Å². The Bertz CT molecular complexity index is 881. The van der Waals surface area contributed by atoms with Crippen molar-refractivity contribution < 1.29 is 9.72 Å². The number of fused-ring (bicyclic) bond motifs is 1. The second-order valence-corrected chi connectivity index (χ2v) is 5.67. The number of hydrogen-bond donors (Lipinski definition) is 2. The molecular formula is C15H13N5O3S. The van der Waals surface area contributed by atoms with Crippen LogP contribution in [0, 0.1) is 10.1 Å². The Morgan fingerprint density at radius 1 is 1.25 bits per heavy atom. The minimum absolute atomic E-state index is 0.0224. The molecule has 2 N–H and O–H groups in total. The van der Waals surface area contributed by atoms with Gasteiger partial charge in [-0.2, -0.15) is 4.37 Å². The van der Waals surface area contributed by atoms with Crippen molar-refractivity contribution in [2.45, 2.75) is 0 Å². The third kappa shape index (κ3) is 3.46. The maximum Gasteiger partial charge on any atom is 0.270 e. The van der Waals surface area contributed by atoms with Gasteiger partial charge in [0.15, 0.2) is 0 Å². The number of nitro benzene ring substituents is 1. The summed E-state index contributed by atoms with van der Waals surface area (Å²) in [6.07, 6.45) is 1.56. The van der Waals surface area contributed by atoms with Gasteiger partial charge in [-0.1, -0.05) is 6.07 Å². The van der Waals surface area contributed by atoms with Gasteiger partial charge in [0.1, 0.15) is 11.5 Å². The monoisotopic (exact) mass is 343 g/mol. The van der Waals surface area contributed by atoms with Crippen LogP contribution in [0.4, 0.5) is 11.5 Å². The molecule has 0 aliphatic heterocycles. The van der Waals surface area contributed by atoms with E-state index in [0.717, 1.165) is 4.70 Å². The van der Waals surface area contributed by atoms with E-state index in [1.807, 2.05) is 0 Å². The molecule has 0 atom stereocenters. The van der Waals surface area contributed by atoms with Gasteiger partial charge in [-0.3, -0.25) is 19.9 Å². The summed E-state index contributed by atoms with van der Waals surface area (Å²) in [6.45, 7) is 0.823. The molecule has 9 heteroatoms. The van der Waals surface area contributed by atoms with Crippen LogP contribution >= 0.6 is 11.5 Å². The van der Waals surface area contributed by atoms with Gasteiger partial charge in [-0.15, -0.1) is 0 Å². The molecule has 0 unspecified atom stereocenters. The van der Waals surface area contributed by atoms with Crippen LogP contribution in [0.2, 0.25) is 0 Å². The normalized spacial score (nSPS) is 10.5. The number of benzene rings is 1. The molecule has 0 aliphatic rings. The van der Waals surface area contributed by atoms with Gasteiger partial charge in [0, 0.05) is 36.8 Å². The molecule has 0 radical (unpaired) electrons. The fraction of sp³-hybridized carbons (Fsp3) is 0.133. The summed E-state index contributed by atoms with van der Waals surface area (Å²) < 4.78 is 5.12. The maximum atomic E-state index is 11.8. The molecule has 8 nitrogen and oxygen atoms in total. The van der Waals surface area contributed by atoms with E-state index in [1.165, 1.54) is 23.7 Å². The molecule has 0 fully saturated rings. The standard InChI is InChI=1S/C15H13N5O3S/c21-15(12-3-1-2-6-16-12)18-8-7-17-14-11-9-10(20(22)23)4-5-13(11)24-19-14/h1-6,9H,7-8H2,(H,17,19)(H,18,21). The molecule has 2 aromatic heterocycles. The predicted octanol–water partition coefficient (Wildman–Crippen LogP) is 2.44. The molecule has 0 saturated heterocycles. The smallest absolute Gasteiger partial charge is 0.270 e. The van der Waals surface area contributed by atoms with E-state index in [-0.39, 0.29) is 11.6 Å². The van der Waals surface area contributed by atoms with Gasteiger partial charge in [-0.05, 0) is 29.7 Å². The molecule has 122 valence electrons. The van der Waals surface area contributed by atoms with Crippen LogP contribution in [0.25, 0.3) is 10.1 Å². The van der Waals surface area contributed by atoms with Crippen LogP contribution in [0.1, 0.15) is 10.5 Å². The Labute approximate surface area is 140 Å². The van der Waals surface area contributed by atoms with Crippen LogP contribution in [-0.4, -0.2) is 33.3 Å². The molecule has 3 rings (SSSR count). The molecule has 1 aromatic carbocycles. The van der Waals surface area contributed by atoms with E-state index in [9.17, 15) is 14.9 Å². The molecular weight excluding hydrogens is 330 g/mol. The largest absolute Gasteiger partial charge is 0.367 e. The van der Waals surface area contributed by atoms with Crippen molar-refractivity contribution in [3.8, 4) is 0 Å². The quantitative estimate of drug-likeness (QED) is 0.404. The Kier molecular flexibility index (Phi) is 4.62. The van der Waals surface area contributed by atoms with Crippen LogP contribution < -0.4 is 10.6 Å². The van der Waals surface area contributed by atoms with Gasteiger partial charge in [-0.25, -0.2) is 0 Å². The van der Waals surface area contributed by atoms with Crippen molar-refractivity contribution in [1.29, 1.82) is 0 Å². The van der Waals surface area contributed by atoms with Crippen LogP contribution in [-0.2, 0) is 0 Å². The summed E-state index contributed by atoms with van der Waals surface area (Å²) in [7, 11) is 0. The highest BCUT2D eigenvalue weighted by Gasteiger charge is 2.12.